The number of hydrogen-bond donors (Lipinski definition) is 4. The van der Waals surface area contributed by atoms with E-state index in [0.717, 1.165) is 23.1 Å². The second-order valence-electron chi connectivity index (χ2n) is 7.13. The number of guanidine groups is 1. The van der Waals surface area contributed by atoms with E-state index in [0.29, 0.717) is 30.8 Å². The molecule has 1 aromatic carbocycles. The molecule has 3 atom stereocenters. The maximum absolute atomic E-state index is 13.1. The number of nitrogens with one attached hydrogen (secondary N) is 1. The van der Waals surface area contributed by atoms with Crippen LogP contribution in [0.4, 0.5) is 0 Å². The van der Waals surface area contributed by atoms with Crippen LogP contribution < -0.4 is 22.5 Å². The fraction of sp³-hybridized carbons (Fsp3) is 0.474. The Kier molecular flexibility index (Phi) is 6.58. The molecule has 1 aliphatic carbocycles. The third-order valence-electron chi connectivity index (χ3n) is 4.93. The van der Waals surface area contributed by atoms with Gasteiger partial charge < -0.3 is 22.5 Å². The van der Waals surface area contributed by atoms with Crippen molar-refractivity contribution >= 4 is 39.2 Å². The van der Waals surface area contributed by atoms with E-state index in [2.05, 4.69) is 15.3 Å². The number of thiazole rings is 1. The number of rotatable bonds is 8. The van der Waals surface area contributed by atoms with Crippen LogP contribution >= 0.6 is 11.3 Å². The Balaban J connectivity index is 1.72. The highest BCUT2D eigenvalue weighted by molar-refractivity contribution is 7.20. The highest BCUT2D eigenvalue weighted by Gasteiger charge is 2.31. The number of para-hydroxylation sites is 1. The van der Waals surface area contributed by atoms with Crippen LogP contribution in [0.1, 0.15) is 41.9 Å². The van der Waals surface area contributed by atoms with Crippen molar-refractivity contribution in [3.63, 3.8) is 0 Å². The maximum Gasteiger partial charge on any atom is 0.223 e. The molecule has 0 bridgehead atoms. The lowest BCUT2D eigenvalue weighted by Gasteiger charge is -2.19. The Hall–Kier alpha value is -2.52. The minimum absolute atomic E-state index is 0.0121. The van der Waals surface area contributed by atoms with Crippen molar-refractivity contribution in [3.8, 4) is 0 Å². The first kappa shape index (κ1) is 20.2. The van der Waals surface area contributed by atoms with Crippen molar-refractivity contribution in [3.05, 3.63) is 29.3 Å². The first-order valence-electron chi connectivity index (χ1n) is 9.45. The SMILES string of the molecule is NC(N)=NCCCC(NC(=O)C1CCC(N)C1)C(=O)c1nc2ccccc2s1. The Morgan fingerprint density at radius 3 is 2.75 bits per heavy atom. The smallest absolute Gasteiger partial charge is 0.223 e. The summed E-state index contributed by atoms with van der Waals surface area (Å²) in [7, 11) is 0. The minimum Gasteiger partial charge on any atom is -0.370 e. The third-order valence-corrected chi connectivity index (χ3v) is 5.98. The molecule has 0 spiro atoms. The fourth-order valence-electron chi connectivity index (χ4n) is 3.44. The minimum atomic E-state index is -0.654. The van der Waals surface area contributed by atoms with Crippen molar-refractivity contribution in [2.45, 2.75) is 44.2 Å². The van der Waals surface area contributed by atoms with Crippen LogP contribution in [0.2, 0.25) is 0 Å². The summed E-state index contributed by atoms with van der Waals surface area (Å²) >= 11 is 1.34. The Labute approximate surface area is 167 Å². The topological polar surface area (TPSA) is 149 Å². The normalized spacial score (nSPS) is 20.0. The highest BCUT2D eigenvalue weighted by Crippen LogP contribution is 2.26. The number of hydrogen-bond acceptors (Lipinski definition) is 6. The van der Waals surface area contributed by atoms with Gasteiger partial charge in [0.05, 0.1) is 16.3 Å². The molecular formula is C19H26N6O2S. The van der Waals surface area contributed by atoms with E-state index in [1.54, 1.807) is 0 Å². The van der Waals surface area contributed by atoms with Gasteiger partial charge in [-0.1, -0.05) is 12.1 Å². The number of Topliss-reactive ketones (excluding diaryl/α,β-unsaturated/α-hetero) is 1. The van der Waals surface area contributed by atoms with Gasteiger partial charge in [-0.2, -0.15) is 0 Å². The Bertz CT molecular complexity index is 843. The number of nitrogens with two attached hydrogens (primary N) is 3. The second-order valence-corrected chi connectivity index (χ2v) is 8.16. The average Bonchev–Trinajstić information content (AvgIpc) is 3.29. The molecule has 0 saturated heterocycles. The summed E-state index contributed by atoms with van der Waals surface area (Å²) in [5.74, 6) is -0.424. The lowest BCUT2D eigenvalue weighted by Crippen LogP contribution is -2.43. The molecule has 1 heterocycles. The van der Waals surface area contributed by atoms with Crippen LogP contribution in [-0.4, -0.2) is 41.3 Å². The van der Waals surface area contributed by atoms with Crippen molar-refractivity contribution in [1.29, 1.82) is 0 Å². The summed E-state index contributed by atoms with van der Waals surface area (Å²) in [6.07, 6.45) is 3.25. The largest absolute Gasteiger partial charge is 0.370 e. The molecule has 1 amide bonds. The lowest BCUT2D eigenvalue weighted by atomic mass is 10.0. The molecule has 1 saturated carbocycles. The third kappa shape index (κ3) is 5.05. The lowest BCUT2D eigenvalue weighted by molar-refractivity contribution is -0.125. The molecule has 3 rings (SSSR count). The van der Waals surface area contributed by atoms with Crippen LogP contribution in [0, 0.1) is 5.92 Å². The molecule has 1 aromatic heterocycles. The molecule has 1 fully saturated rings. The van der Waals surface area contributed by atoms with Crippen LogP contribution in [0.5, 0.6) is 0 Å². The molecule has 150 valence electrons. The van der Waals surface area contributed by atoms with Crippen molar-refractivity contribution in [2.24, 2.45) is 28.1 Å². The summed E-state index contributed by atoms with van der Waals surface area (Å²) < 4.78 is 0.943. The number of benzene rings is 1. The first-order chi connectivity index (χ1) is 13.4. The molecule has 1 aliphatic rings. The van der Waals surface area contributed by atoms with E-state index >= 15 is 0 Å². The molecule has 0 radical (unpaired) electrons. The van der Waals surface area contributed by atoms with Crippen LogP contribution in [-0.2, 0) is 4.79 Å². The molecule has 3 unspecified atom stereocenters. The van der Waals surface area contributed by atoms with E-state index in [9.17, 15) is 9.59 Å². The molecule has 0 aliphatic heterocycles. The van der Waals surface area contributed by atoms with Gasteiger partial charge >= 0.3 is 0 Å². The fourth-order valence-corrected chi connectivity index (χ4v) is 4.40. The number of aliphatic imine (C=N–C) groups is 1. The van der Waals surface area contributed by atoms with E-state index in [-0.39, 0.29) is 29.6 Å². The van der Waals surface area contributed by atoms with Crippen molar-refractivity contribution < 1.29 is 9.59 Å². The molecule has 7 N–H and O–H groups in total. The molecule has 28 heavy (non-hydrogen) atoms. The van der Waals surface area contributed by atoms with Gasteiger partial charge in [-0.05, 0) is 44.2 Å². The van der Waals surface area contributed by atoms with Gasteiger partial charge in [0.1, 0.15) is 0 Å². The summed E-state index contributed by atoms with van der Waals surface area (Å²) in [5.41, 5.74) is 17.4. The highest BCUT2D eigenvalue weighted by atomic mass is 32.1. The van der Waals surface area contributed by atoms with Gasteiger partial charge in [0.25, 0.3) is 0 Å². The number of carbonyl (C=O) groups excluding carboxylic acids is 2. The summed E-state index contributed by atoms with van der Waals surface area (Å²) in [5, 5.41) is 3.32. The zero-order chi connectivity index (χ0) is 20.1. The monoisotopic (exact) mass is 402 g/mol. The zero-order valence-corrected chi connectivity index (χ0v) is 16.5. The predicted octanol–water partition coefficient (Wildman–Crippen LogP) is 1.14. The predicted molar refractivity (Wildman–Crippen MR) is 111 cm³/mol. The van der Waals surface area contributed by atoms with Crippen LogP contribution in [0.3, 0.4) is 0 Å². The number of ketones is 1. The summed E-state index contributed by atoms with van der Waals surface area (Å²) in [6.45, 7) is 0.399. The van der Waals surface area contributed by atoms with E-state index in [4.69, 9.17) is 17.2 Å². The summed E-state index contributed by atoms with van der Waals surface area (Å²) in [4.78, 5) is 34.1. The van der Waals surface area contributed by atoms with Gasteiger partial charge in [-0.15, -0.1) is 11.3 Å². The van der Waals surface area contributed by atoms with E-state index in [1.807, 2.05) is 24.3 Å². The second kappa shape index (κ2) is 9.11. The maximum atomic E-state index is 13.1. The van der Waals surface area contributed by atoms with Crippen molar-refractivity contribution in [2.75, 3.05) is 6.54 Å². The molecule has 8 nitrogen and oxygen atoms in total. The van der Waals surface area contributed by atoms with E-state index < -0.39 is 6.04 Å². The number of nitrogens with zero attached hydrogens (tertiary/aromatic N) is 2. The van der Waals surface area contributed by atoms with Gasteiger partial charge in [-0.3, -0.25) is 14.6 Å². The van der Waals surface area contributed by atoms with Gasteiger partial charge in [0, 0.05) is 18.5 Å². The number of amides is 1. The summed E-state index contributed by atoms with van der Waals surface area (Å²) in [6, 6.07) is 6.99. The average molecular weight is 403 g/mol. The van der Waals surface area contributed by atoms with E-state index in [1.165, 1.54) is 11.3 Å². The first-order valence-corrected chi connectivity index (χ1v) is 10.3. The Morgan fingerprint density at radius 1 is 1.29 bits per heavy atom. The molecule has 2 aromatic rings. The van der Waals surface area contributed by atoms with Gasteiger partial charge in [0.2, 0.25) is 11.7 Å². The van der Waals surface area contributed by atoms with Gasteiger partial charge in [0.15, 0.2) is 11.0 Å². The van der Waals surface area contributed by atoms with Crippen LogP contribution in [0.25, 0.3) is 10.2 Å². The number of carbonyl (C=O) groups is 2. The molecule has 9 heteroatoms. The standard InChI is InChI=1S/C19H26N6O2S/c20-12-8-7-11(10-12)17(27)24-14(5-3-9-23-19(21)22)16(26)18-25-13-4-1-2-6-15(13)28-18/h1-2,4,6,11-12,14H,3,5,7-10,20H2,(H,24,27)(H4,21,22,23). The molecular weight excluding hydrogens is 376 g/mol. The van der Waals surface area contributed by atoms with Crippen molar-refractivity contribution in [1.82, 2.24) is 10.3 Å². The quantitative estimate of drug-likeness (QED) is 0.225. The Morgan fingerprint density at radius 2 is 2.07 bits per heavy atom. The number of aromatic nitrogens is 1. The number of fused-ring (bicyclic) bond motifs is 1. The van der Waals surface area contributed by atoms with Gasteiger partial charge in [-0.25, -0.2) is 4.98 Å². The van der Waals surface area contributed by atoms with Crippen LogP contribution in [0.15, 0.2) is 29.3 Å². The zero-order valence-electron chi connectivity index (χ0n) is 15.6.